The van der Waals surface area contributed by atoms with Gasteiger partial charge in [-0.25, -0.2) is 4.79 Å². The Morgan fingerprint density at radius 3 is 2.69 bits per heavy atom. The first-order valence-electron chi connectivity index (χ1n) is 16.4. The molecule has 8 heteroatoms. The molecule has 8 nitrogen and oxygen atoms in total. The van der Waals surface area contributed by atoms with Gasteiger partial charge in [-0.05, 0) is 93.9 Å². The van der Waals surface area contributed by atoms with E-state index in [1.165, 1.54) is 6.42 Å². The van der Waals surface area contributed by atoms with Crippen molar-refractivity contribution in [3.8, 4) is 17.2 Å². The van der Waals surface area contributed by atoms with Gasteiger partial charge in [-0.1, -0.05) is 24.1 Å². The van der Waals surface area contributed by atoms with Crippen LogP contribution in [0.15, 0.2) is 46.7 Å². The SMILES string of the molecule is CCOC(=O)C1=CC(=C2CCC(=O)C(c3ccc4c(c3)=CCN=4)C2)c2c(cc3c(c2OC2CCCCC2)CC(C(C)(C)O)O3)O1. The molecule has 2 aliphatic carbocycles. The zero-order valence-corrected chi connectivity index (χ0v) is 26.3. The van der Waals surface area contributed by atoms with E-state index < -0.39 is 17.7 Å². The fraction of sp³-hybridized carbons (Fsp3) is 0.486. The van der Waals surface area contributed by atoms with Crippen molar-refractivity contribution in [3.63, 3.8) is 0 Å². The first-order chi connectivity index (χ1) is 21.7. The first-order valence-corrected chi connectivity index (χ1v) is 16.4. The number of aliphatic hydroxyl groups is 1. The highest BCUT2D eigenvalue weighted by atomic mass is 16.6. The summed E-state index contributed by atoms with van der Waals surface area (Å²) in [4.78, 5) is 31.0. The van der Waals surface area contributed by atoms with Gasteiger partial charge in [-0.15, -0.1) is 0 Å². The zero-order chi connectivity index (χ0) is 31.3. The summed E-state index contributed by atoms with van der Waals surface area (Å²) in [6.07, 6.45) is 10.8. The third-order valence-electron chi connectivity index (χ3n) is 9.75. The topological polar surface area (TPSA) is 104 Å². The number of esters is 1. The molecule has 45 heavy (non-hydrogen) atoms. The van der Waals surface area contributed by atoms with E-state index in [0.29, 0.717) is 49.5 Å². The lowest BCUT2D eigenvalue weighted by Gasteiger charge is -2.31. The summed E-state index contributed by atoms with van der Waals surface area (Å²) in [6.45, 7) is 6.14. The average molecular weight is 612 g/mol. The molecule has 0 radical (unpaired) electrons. The number of nitrogens with zero attached hydrogens (tertiary/aromatic N) is 1. The Balaban J connectivity index is 1.38. The van der Waals surface area contributed by atoms with Gasteiger partial charge in [0, 0.05) is 30.4 Å². The molecular weight excluding hydrogens is 570 g/mol. The van der Waals surface area contributed by atoms with Crippen molar-refractivity contribution < 1.29 is 33.6 Å². The lowest BCUT2D eigenvalue weighted by Crippen LogP contribution is -2.39. The molecule has 3 heterocycles. The molecule has 0 bridgehead atoms. The van der Waals surface area contributed by atoms with Crippen LogP contribution in [0.2, 0.25) is 0 Å². The van der Waals surface area contributed by atoms with Gasteiger partial charge in [0.25, 0.3) is 0 Å². The van der Waals surface area contributed by atoms with Gasteiger partial charge in [-0.3, -0.25) is 9.79 Å². The highest BCUT2D eigenvalue weighted by molar-refractivity contribution is 5.98. The average Bonchev–Trinajstić information content (AvgIpc) is 3.68. The molecule has 3 aliphatic heterocycles. The highest BCUT2D eigenvalue weighted by Crippen LogP contribution is 2.53. The van der Waals surface area contributed by atoms with Gasteiger partial charge < -0.3 is 24.1 Å². The van der Waals surface area contributed by atoms with E-state index in [1.54, 1.807) is 26.8 Å². The van der Waals surface area contributed by atoms with Gasteiger partial charge in [0.05, 0.1) is 35.8 Å². The fourth-order valence-corrected chi connectivity index (χ4v) is 7.27. The lowest BCUT2D eigenvalue weighted by atomic mass is 9.77. The van der Waals surface area contributed by atoms with E-state index in [2.05, 4.69) is 17.1 Å². The number of carbonyl (C=O) groups is 2. The fourth-order valence-electron chi connectivity index (χ4n) is 7.27. The Kier molecular flexibility index (Phi) is 7.80. The van der Waals surface area contributed by atoms with Gasteiger partial charge in [-0.2, -0.15) is 0 Å². The van der Waals surface area contributed by atoms with E-state index in [0.717, 1.165) is 64.1 Å². The maximum Gasteiger partial charge on any atom is 0.374 e. The van der Waals surface area contributed by atoms with E-state index in [1.807, 2.05) is 18.2 Å². The van der Waals surface area contributed by atoms with Crippen LogP contribution in [0, 0.1) is 0 Å². The summed E-state index contributed by atoms with van der Waals surface area (Å²) < 4.78 is 24.8. The molecule has 2 aromatic rings. The van der Waals surface area contributed by atoms with Crippen molar-refractivity contribution in [2.24, 2.45) is 4.99 Å². The smallest absolute Gasteiger partial charge is 0.374 e. The molecule has 2 fully saturated rings. The number of rotatable bonds is 6. The Morgan fingerprint density at radius 2 is 1.91 bits per heavy atom. The Labute approximate surface area is 263 Å². The molecule has 0 saturated heterocycles. The van der Waals surface area contributed by atoms with Crippen LogP contribution in [0.25, 0.3) is 11.6 Å². The molecule has 2 aromatic carbocycles. The Morgan fingerprint density at radius 1 is 1.09 bits per heavy atom. The summed E-state index contributed by atoms with van der Waals surface area (Å²) in [6, 6.07) is 7.94. The number of hydrogen-bond donors (Lipinski definition) is 1. The highest BCUT2D eigenvalue weighted by Gasteiger charge is 2.41. The van der Waals surface area contributed by atoms with Crippen LogP contribution in [-0.2, 0) is 20.7 Å². The maximum absolute atomic E-state index is 13.4. The van der Waals surface area contributed by atoms with Crippen molar-refractivity contribution in [3.05, 3.63) is 68.9 Å². The van der Waals surface area contributed by atoms with Gasteiger partial charge >= 0.3 is 5.97 Å². The van der Waals surface area contributed by atoms with Gasteiger partial charge in [0.1, 0.15) is 29.1 Å². The second kappa shape index (κ2) is 11.8. The second-order valence-electron chi connectivity index (χ2n) is 13.3. The van der Waals surface area contributed by atoms with Crippen molar-refractivity contribution in [1.82, 2.24) is 0 Å². The van der Waals surface area contributed by atoms with E-state index >= 15 is 0 Å². The number of Topliss-reactive ketones (excluding diaryl/α,β-unsaturated/α-hetero) is 1. The van der Waals surface area contributed by atoms with Crippen LogP contribution in [0.3, 0.4) is 0 Å². The van der Waals surface area contributed by atoms with Crippen LogP contribution in [-0.4, -0.2) is 47.8 Å². The standard InChI is InChI=1S/C37H41NO7/c1-4-42-36(40)32-18-26(22-11-13-29(39)25(17-22)21-10-12-28-23(16-21)14-15-38-28)34-31(44-32)20-30-27(19-33(45-30)37(2,3)41)35(34)43-24-8-6-5-7-9-24/h10,12,14,16,18,20,24-25,33,41H,4-9,11,13,15,17,19H2,1-3H3. The minimum atomic E-state index is -1.07. The third kappa shape index (κ3) is 5.69. The number of carbonyl (C=O) groups excluding carboxylic acids is 2. The van der Waals surface area contributed by atoms with Crippen molar-refractivity contribution in [2.45, 2.75) is 102 Å². The van der Waals surface area contributed by atoms with Crippen molar-refractivity contribution in [2.75, 3.05) is 13.2 Å². The lowest BCUT2D eigenvalue weighted by molar-refractivity contribution is -0.141. The number of allylic oxidation sites excluding steroid dienone is 3. The van der Waals surface area contributed by atoms with Crippen LogP contribution >= 0.6 is 0 Å². The minimum Gasteiger partial charge on any atom is -0.489 e. The van der Waals surface area contributed by atoms with Gasteiger partial charge in [0.15, 0.2) is 0 Å². The molecule has 0 spiro atoms. The normalized spacial score (nSPS) is 24.3. The monoisotopic (exact) mass is 611 g/mol. The Bertz CT molecular complexity index is 1740. The summed E-state index contributed by atoms with van der Waals surface area (Å²) in [5.74, 6) is 1.22. The number of ketones is 1. The van der Waals surface area contributed by atoms with Crippen LogP contribution < -0.4 is 24.8 Å². The largest absolute Gasteiger partial charge is 0.489 e. The second-order valence-corrected chi connectivity index (χ2v) is 13.3. The molecule has 2 atom stereocenters. The summed E-state index contributed by atoms with van der Waals surface area (Å²) in [5, 5.41) is 12.9. The van der Waals surface area contributed by atoms with E-state index in [4.69, 9.17) is 18.9 Å². The molecule has 5 aliphatic rings. The summed E-state index contributed by atoms with van der Waals surface area (Å²) in [5.41, 5.74) is 3.53. The predicted octanol–water partition coefficient (Wildman–Crippen LogP) is 5.02. The zero-order valence-electron chi connectivity index (χ0n) is 26.3. The third-order valence-corrected chi connectivity index (χ3v) is 9.75. The summed E-state index contributed by atoms with van der Waals surface area (Å²) in [7, 11) is 0. The van der Waals surface area contributed by atoms with Crippen molar-refractivity contribution in [1.29, 1.82) is 0 Å². The number of benzene rings is 2. The van der Waals surface area contributed by atoms with Crippen LogP contribution in [0.4, 0.5) is 0 Å². The van der Waals surface area contributed by atoms with Gasteiger partial charge in [0.2, 0.25) is 5.76 Å². The number of ether oxygens (including phenoxy) is 4. The van der Waals surface area contributed by atoms with Crippen LogP contribution in [0.5, 0.6) is 17.2 Å². The number of fused-ring (bicyclic) bond motifs is 3. The molecule has 236 valence electrons. The first kappa shape index (κ1) is 29.8. The molecule has 7 rings (SSSR count). The van der Waals surface area contributed by atoms with E-state index in [-0.39, 0.29) is 30.2 Å². The quantitative estimate of drug-likeness (QED) is 0.458. The predicted molar refractivity (Wildman–Crippen MR) is 169 cm³/mol. The molecular formula is C37H41NO7. The van der Waals surface area contributed by atoms with Crippen LogP contribution in [0.1, 0.15) is 94.7 Å². The molecule has 2 unspecified atom stereocenters. The molecule has 2 saturated carbocycles. The molecule has 1 N–H and O–H groups in total. The van der Waals surface area contributed by atoms with Crippen molar-refractivity contribution >= 4 is 23.4 Å². The van der Waals surface area contributed by atoms with E-state index in [9.17, 15) is 14.7 Å². The summed E-state index contributed by atoms with van der Waals surface area (Å²) >= 11 is 0. The molecule has 0 amide bonds. The maximum atomic E-state index is 13.4. The Hall–Kier alpha value is -3.91. The molecule has 0 aromatic heterocycles. The number of hydrogen-bond acceptors (Lipinski definition) is 8. The minimum absolute atomic E-state index is 0.0472.